The second kappa shape index (κ2) is 9.67. The molecule has 0 N–H and O–H groups in total. The Bertz CT molecular complexity index is 301. The van der Waals surface area contributed by atoms with Crippen molar-refractivity contribution in [3.8, 4) is 0 Å². The fourth-order valence-corrected chi connectivity index (χ4v) is 1.20. The summed E-state index contributed by atoms with van der Waals surface area (Å²) < 4.78 is 9.61. The zero-order valence-corrected chi connectivity index (χ0v) is 10.6. The zero-order valence-electron chi connectivity index (χ0n) is 10.6. The maximum Gasteiger partial charge on any atom is 0.353 e. The first-order valence-electron chi connectivity index (χ1n) is 5.91. The summed E-state index contributed by atoms with van der Waals surface area (Å²) in [5.74, 6) is -1.45. The Kier molecular flexibility index (Phi) is 8.79. The highest BCUT2D eigenvalue weighted by atomic mass is 16.6. The molecule has 4 heteroatoms. The zero-order chi connectivity index (χ0) is 13.1. The molecule has 0 bridgehead atoms. The number of hydrogen-bond acceptors (Lipinski definition) is 4. The lowest BCUT2D eigenvalue weighted by atomic mass is 10.2. The van der Waals surface area contributed by atoms with Crippen LogP contribution in [0.3, 0.4) is 0 Å². The largest absolute Gasteiger partial charge is 0.462 e. The van der Waals surface area contributed by atoms with E-state index in [1.807, 2.05) is 0 Å². The van der Waals surface area contributed by atoms with Gasteiger partial charge in [-0.05, 0) is 13.3 Å². The molecule has 0 aliphatic carbocycles. The number of carbonyl (C=O) groups is 2. The van der Waals surface area contributed by atoms with Crippen LogP contribution in [0, 0.1) is 0 Å². The van der Waals surface area contributed by atoms with Gasteiger partial charge in [-0.3, -0.25) is 0 Å². The van der Waals surface area contributed by atoms with E-state index in [2.05, 4.69) is 24.0 Å². The Labute approximate surface area is 102 Å². The number of ether oxygens (including phenoxy) is 2. The van der Waals surface area contributed by atoms with Crippen LogP contribution in [-0.4, -0.2) is 25.2 Å². The molecule has 0 saturated heterocycles. The van der Waals surface area contributed by atoms with E-state index in [4.69, 9.17) is 4.74 Å². The lowest BCUT2D eigenvalue weighted by Gasteiger charge is -2.05. The summed E-state index contributed by atoms with van der Waals surface area (Å²) in [7, 11) is 0. The Morgan fingerprint density at radius 3 is 2.24 bits per heavy atom. The van der Waals surface area contributed by atoms with E-state index in [1.165, 1.54) is 0 Å². The van der Waals surface area contributed by atoms with Crippen LogP contribution in [-0.2, 0) is 19.1 Å². The summed E-state index contributed by atoms with van der Waals surface area (Å²) in [6, 6.07) is 0. The third-order valence-electron chi connectivity index (χ3n) is 2.09. The molecule has 0 aromatic carbocycles. The minimum absolute atomic E-state index is 0.202. The van der Waals surface area contributed by atoms with Crippen LogP contribution in [0.15, 0.2) is 17.9 Å². The Morgan fingerprint density at radius 2 is 1.71 bits per heavy atom. The summed E-state index contributed by atoms with van der Waals surface area (Å²) in [4.78, 5) is 22.7. The minimum atomic E-state index is -0.735. The number of esters is 2. The lowest BCUT2D eigenvalue weighted by molar-refractivity contribution is -0.146. The van der Waals surface area contributed by atoms with Crippen molar-refractivity contribution in [1.29, 1.82) is 0 Å². The SMILES string of the molecule is C=C=C(C(=O)OCC)C(=O)OCCCCCC. The van der Waals surface area contributed by atoms with Crippen molar-refractivity contribution in [3.05, 3.63) is 17.9 Å². The van der Waals surface area contributed by atoms with Gasteiger partial charge in [0.25, 0.3) is 0 Å². The van der Waals surface area contributed by atoms with Crippen LogP contribution in [0.4, 0.5) is 0 Å². The molecule has 0 atom stereocenters. The highest BCUT2D eigenvalue weighted by molar-refractivity contribution is 6.13. The molecule has 0 rings (SSSR count). The van der Waals surface area contributed by atoms with Gasteiger partial charge in [0.05, 0.1) is 13.2 Å². The summed E-state index contributed by atoms with van der Waals surface area (Å²) in [5.41, 5.74) is 1.99. The first-order valence-corrected chi connectivity index (χ1v) is 5.91. The second-order valence-corrected chi connectivity index (χ2v) is 3.47. The van der Waals surface area contributed by atoms with E-state index < -0.39 is 11.9 Å². The monoisotopic (exact) mass is 240 g/mol. The number of rotatable bonds is 8. The third kappa shape index (κ3) is 6.59. The first-order chi connectivity index (χ1) is 8.17. The van der Waals surface area contributed by atoms with Crippen LogP contribution in [0.5, 0.6) is 0 Å². The molecule has 0 fully saturated rings. The van der Waals surface area contributed by atoms with Crippen LogP contribution >= 0.6 is 0 Å². The average molecular weight is 240 g/mol. The van der Waals surface area contributed by atoms with Crippen molar-refractivity contribution in [1.82, 2.24) is 0 Å². The highest BCUT2D eigenvalue weighted by Gasteiger charge is 2.20. The molecule has 0 aromatic heterocycles. The Hall–Kier alpha value is -1.54. The molecule has 0 aliphatic rings. The van der Waals surface area contributed by atoms with Gasteiger partial charge in [0.1, 0.15) is 0 Å². The van der Waals surface area contributed by atoms with E-state index in [0.29, 0.717) is 6.61 Å². The highest BCUT2D eigenvalue weighted by Crippen LogP contribution is 2.03. The molecule has 96 valence electrons. The van der Waals surface area contributed by atoms with E-state index in [1.54, 1.807) is 6.92 Å². The quantitative estimate of drug-likeness (QED) is 0.163. The molecule has 0 spiro atoms. The van der Waals surface area contributed by atoms with Crippen LogP contribution in [0.1, 0.15) is 39.5 Å². The van der Waals surface area contributed by atoms with Crippen molar-refractivity contribution >= 4 is 11.9 Å². The van der Waals surface area contributed by atoms with Gasteiger partial charge in [0, 0.05) is 0 Å². The number of unbranched alkanes of at least 4 members (excludes halogenated alkanes) is 3. The van der Waals surface area contributed by atoms with E-state index in [9.17, 15) is 9.59 Å². The van der Waals surface area contributed by atoms with Gasteiger partial charge in [-0.15, -0.1) is 5.73 Å². The average Bonchev–Trinajstić information content (AvgIpc) is 2.30. The fraction of sp³-hybridized carbons (Fsp3) is 0.615. The van der Waals surface area contributed by atoms with Gasteiger partial charge in [-0.1, -0.05) is 32.8 Å². The predicted octanol–water partition coefficient (Wildman–Crippen LogP) is 2.38. The van der Waals surface area contributed by atoms with E-state index >= 15 is 0 Å². The summed E-state index contributed by atoms with van der Waals surface area (Å²) in [5, 5.41) is 0. The summed E-state index contributed by atoms with van der Waals surface area (Å²) in [6.45, 7) is 7.55. The normalized spacial score (nSPS) is 9.29. The van der Waals surface area contributed by atoms with Crippen LogP contribution in [0.2, 0.25) is 0 Å². The molecule has 17 heavy (non-hydrogen) atoms. The van der Waals surface area contributed by atoms with Gasteiger partial charge < -0.3 is 9.47 Å². The smallest absolute Gasteiger partial charge is 0.353 e. The van der Waals surface area contributed by atoms with Crippen LogP contribution in [0.25, 0.3) is 0 Å². The second-order valence-electron chi connectivity index (χ2n) is 3.47. The number of carbonyl (C=O) groups excluding carboxylic acids is 2. The molecule has 0 aliphatic heterocycles. The first kappa shape index (κ1) is 15.5. The van der Waals surface area contributed by atoms with Gasteiger partial charge in [-0.25, -0.2) is 9.59 Å². The Balaban J connectivity index is 4.02. The molecule has 0 heterocycles. The standard InChI is InChI=1S/C13H20O4/c1-4-7-8-9-10-17-13(15)11(5-2)12(14)16-6-3/h2,4,6-10H2,1,3H3. The Morgan fingerprint density at radius 1 is 1.06 bits per heavy atom. The van der Waals surface area contributed by atoms with Crippen LogP contribution < -0.4 is 0 Å². The maximum absolute atomic E-state index is 11.5. The summed E-state index contributed by atoms with van der Waals surface area (Å²) >= 11 is 0. The lowest BCUT2D eigenvalue weighted by Crippen LogP contribution is -2.18. The van der Waals surface area contributed by atoms with Gasteiger partial charge in [0.15, 0.2) is 5.57 Å². The molecule has 4 nitrogen and oxygen atoms in total. The third-order valence-corrected chi connectivity index (χ3v) is 2.09. The maximum atomic E-state index is 11.5. The molecule has 0 radical (unpaired) electrons. The van der Waals surface area contributed by atoms with Gasteiger partial charge in [-0.2, -0.15) is 0 Å². The summed E-state index contributed by atoms with van der Waals surface area (Å²) in [6.07, 6.45) is 4.04. The van der Waals surface area contributed by atoms with E-state index in [-0.39, 0.29) is 12.2 Å². The van der Waals surface area contributed by atoms with Crippen molar-refractivity contribution in [2.75, 3.05) is 13.2 Å². The van der Waals surface area contributed by atoms with Gasteiger partial charge in [0.2, 0.25) is 0 Å². The van der Waals surface area contributed by atoms with Crippen molar-refractivity contribution in [2.24, 2.45) is 0 Å². The molecule has 0 saturated carbocycles. The molecule has 0 unspecified atom stereocenters. The van der Waals surface area contributed by atoms with E-state index in [0.717, 1.165) is 25.7 Å². The predicted molar refractivity (Wildman–Crippen MR) is 64.4 cm³/mol. The molecule has 0 amide bonds. The topological polar surface area (TPSA) is 52.6 Å². The van der Waals surface area contributed by atoms with Crippen molar-refractivity contribution in [3.63, 3.8) is 0 Å². The molecule has 0 aromatic rings. The minimum Gasteiger partial charge on any atom is -0.462 e. The van der Waals surface area contributed by atoms with Crippen molar-refractivity contribution < 1.29 is 19.1 Å². The molecular weight excluding hydrogens is 220 g/mol. The molecular formula is C13H20O4. The van der Waals surface area contributed by atoms with Gasteiger partial charge >= 0.3 is 11.9 Å². The fourth-order valence-electron chi connectivity index (χ4n) is 1.20. The number of hydrogen-bond donors (Lipinski definition) is 0. The van der Waals surface area contributed by atoms with Crippen molar-refractivity contribution in [2.45, 2.75) is 39.5 Å².